The van der Waals surface area contributed by atoms with Crippen LogP contribution in [0.5, 0.6) is 0 Å². The lowest BCUT2D eigenvalue weighted by atomic mass is 9.95. The fourth-order valence-corrected chi connectivity index (χ4v) is 4.42. The summed E-state index contributed by atoms with van der Waals surface area (Å²) < 4.78 is 10.9. The average Bonchev–Trinajstić information content (AvgIpc) is 3.23. The average molecular weight is 445 g/mol. The van der Waals surface area contributed by atoms with Crippen LogP contribution in [0.4, 0.5) is 5.69 Å². The molecule has 0 aliphatic carbocycles. The minimum atomic E-state index is -0.551. The highest BCUT2D eigenvalue weighted by molar-refractivity contribution is 6.00. The topological polar surface area (TPSA) is 96.4 Å². The molecule has 0 aromatic heterocycles. The van der Waals surface area contributed by atoms with E-state index in [-0.39, 0.29) is 42.9 Å². The van der Waals surface area contributed by atoms with Crippen molar-refractivity contribution < 1.29 is 29.0 Å². The Morgan fingerprint density at radius 2 is 2.00 bits per heavy atom. The van der Waals surface area contributed by atoms with Crippen LogP contribution < -0.4 is 4.90 Å². The number of nitrogens with zero attached hydrogens (tertiary/aromatic N) is 2. The molecule has 8 nitrogen and oxygen atoms in total. The van der Waals surface area contributed by atoms with Gasteiger partial charge in [-0.2, -0.15) is 0 Å². The van der Waals surface area contributed by atoms with Crippen LogP contribution in [0.25, 0.3) is 0 Å². The van der Waals surface area contributed by atoms with Gasteiger partial charge >= 0.3 is 5.97 Å². The van der Waals surface area contributed by atoms with Gasteiger partial charge in [0.05, 0.1) is 25.2 Å². The largest absolute Gasteiger partial charge is 0.441 e. The number of hydrogen-bond acceptors (Lipinski definition) is 6. The zero-order chi connectivity index (χ0) is 23.3. The number of benzene rings is 1. The van der Waals surface area contributed by atoms with E-state index in [2.05, 4.69) is 0 Å². The van der Waals surface area contributed by atoms with Gasteiger partial charge in [-0.3, -0.25) is 19.3 Å². The lowest BCUT2D eigenvalue weighted by molar-refractivity contribution is -0.153. The molecule has 2 aliphatic rings. The second-order valence-corrected chi connectivity index (χ2v) is 8.34. The van der Waals surface area contributed by atoms with E-state index in [1.807, 2.05) is 43.3 Å². The van der Waals surface area contributed by atoms with Crippen molar-refractivity contribution in [3.63, 3.8) is 0 Å². The highest BCUT2D eigenvalue weighted by Crippen LogP contribution is 2.32. The number of hydrogen-bond donors (Lipinski definition) is 1. The van der Waals surface area contributed by atoms with Gasteiger partial charge in [-0.15, -0.1) is 0 Å². The van der Waals surface area contributed by atoms with Gasteiger partial charge in [0.25, 0.3) is 0 Å². The van der Waals surface area contributed by atoms with E-state index in [0.717, 1.165) is 18.4 Å². The molecule has 2 heterocycles. The van der Waals surface area contributed by atoms with Gasteiger partial charge in [0.2, 0.25) is 11.8 Å². The SMILES string of the molecule is CO[C@@H](c1ccc(N2C(=O)CC2OC(C)=O)cc1)[C@@H](C)/C=C/CC(=O)N1CCC[C@H]1CO. The molecular formula is C24H32N2O6. The second kappa shape index (κ2) is 10.7. The van der Waals surface area contributed by atoms with Gasteiger partial charge in [-0.1, -0.05) is 31.2 Å². The predicted molar refractivity (Wildman–Crippen MR) is 119 cm³/mol. The Kier molecular flexibility index (Phi) is 8.04. The summed E-state index contributed by atoms with van der Waals surface area (Å²) in [7, 11) is 1.64. The van der Waals surface area contributed by atoms with Crippen LogP contribution in [0, 0.1) is 5.92 Å². The molecule has 8 heteroatoms. The maximum atomic E-state index is 12.4. The van der Waals surface area contributed by atoms with E-state index in [1.165, 1.54) is 11.8 Å². The first-order valence-corrected chi connectivity index (χ1v) is 11.0. The lowest BCUT2D eigenvalue weighted by Gasteiger charge is -2.39. The molecule has 2 amide bonds. The molecular weight excluding hydrogens is 412 g/mol. The molecule has 2 saturated heterocycles. The third kappa shape index (κ3) is 5.37. The van der Waals surface area contributed by atoms with Crippen molar-refractivity contribution in [2.45, 2.75) is 57.9 Å². The Balaban J connectivity index is 1.59. The Labute approximate surface area is 188 Å². The molecule has 4 atom stereocenters. The molecule has 174 valence electrons. The summed E-state index contributed by atoms with van der Waals surface area (Å²) >= 11 is 0. The van der Waals surface area contributed by atoms with E-state index < -0.39 is 12.2 Å². The summed E-state index contributed by atoms with van der Waals surface area (Å²) in [4.78, 5) is 38.8. The molecule has 1 unspecified atom stereocenters. The smallest absolute Gasteiger partial charge is 0.304 e. The highest BCUT2D eigenvalue weighted by Gasteiger charge is 2.39. The monoisotopic (exact) mass is 444 g/mol. The highest BCUT2D eigenvalue weighted by atomic mass is 16.6. The van der Waals surface area contributed by atoms with Crippen molar-refractivity contribution in [3.05, 3.63) is 42.0 Å². The number of methoxy groups -OCH3 is 1. The number of carbonyl (C=O) groups is 3. The van der Waals surface area contributed by atoms with Crippen LogP contribution in [0.2, 0.25) is 0 Å². The van der Waals surface area contributed by atoms with Gasteiger partial charge in [-0.25, -0.2) is 0 Å². The van der Waals surface area contributed by atoms with Crippen molar-refractivity contribution in [2.24, 2.45) is 5.92 Å². The minimum Gasteiger partial charge on any atom is -0.441 e. The Morgan fingerprint density at radius 3 is 2.59 bits per heavy atom. The van der Waals surface area contributed by atoms with Crippen molar-refractivity contribution in [1.29, 1.82) is 0 Å². The van der Waals surface area contributed by atoms with Crippen LogP contribution >= 0.6 is 0 Å². The molecule has 0 bridgehead atoms. The number of aliphatic hydroxyl groups is 1. The summed E-state index contributed by atoms with van der Waals surface area (Å²) in [5, 5.41) is 9.40. The first kappa shape index (κ1) is 23.9. The third-order valence-electron chi connectivity index (χ3n) is 6.08. The third-order valence-corrected chi connectivity index (χ3v) is 6.08. The molecule has 1 N–H and O–H groups in total. The van der Waals surface area contributed by atoms with Gasteiger partial charge in [0.15, 0.2) is 6.23 Å². The molecule has 0 spiro atoms. The summed E-state index contributed by atoms with van der Waals surface area (Å²) in [5.74, 6) is -0.454. The van der Waals surface area contributed by atoms with E-state index in [0.29, 0.717) is 18.7 Å². The van der Waals surface area contributed by atoms with E-state index in [9.17, 15) is 19.5 Å². The van der Waals surface area contributed by atoms with Crippen LogP contribution in [0.3, 0.4) is 0 Å². The molecule has 32 heavy (non-hydrogen) atoms. The number of β-lactam (4-membered cyclic amide) rings is 1. The Hall–Kier alpha value is -2.71. The maximum absolute atomic E-state index is 12.4. The minimum absolute atomic E-state index is 0.0122. The zero-order valence-electron chi connectivity index (χ0n) is 18.9. The van der Waals surface area contributed by atoms with Crippen LogP contribution in [-0.4, -0.2) is 60.3 Å². The van der Waals surface area contributed by atoms with Gasteiger partial charge in [0, 0.05) is 38.6 Å². The number of anilines is 1. The number of likely N-dealkylation sites (tertiary alicyclic amines) is 1. The van der Waals surface area contributed by atoms with Crippen molar-refractivity contribution in [1.82, 2.24) is 4.90 Å². The number of amides is 2. The van der Waals surface area contributed by atoms with Crippen LogP contribution in [0.1, 0.15) is 51.2 Å². The Bertz CT molecular complexity index is 853. The number of carbonyl (C=O) groups excluding carboxylic acids is 3. The summed E-state index contributed by atoms with van der Waals surface area (Å²) in [6, 6.07) is 7.36. The van der Waals surface area contributed by atoms with E-state index in [1.54, 1.807) is 12.0 Å². The van der Waals surface area contributed by atoms with Crippen molar-refractivity contribution in [2.75, 3.05) is 25.2 Å². The fraction of sp³-hybridized carbons (Fsp3) is 0.542. The number of ether oxygens (including phenoxy) is 2. The standard InChI is InChI=1S/C24H32N2O6/c1-16(6-4-8-21(29)25-13-5-7-20(25)15-27)24(31-3)18-9-11-19(12-10-18)26-22(30)14-23(26)32-17(2)28/h4,6,9-12,16,20,23-24,27H,5,7-8,13-15H2,1-3H3/b6-4+/t16-,20-,23?,24+/m0/s1. The summed E-state index contributed by atoms with van der Waals surface area (Å²) in [5.41, 5.74) is 1.61. The molecule has 1 aromatic carbocycles. The number of aliphatic hydroxyl groups excluding tert-OH is 1. The van der Waals surface area contributed by atoms with Gasteiger partial charge in [0.1, 0.15) is 0 Å². The summed E-state index contributed by atoms with van der Waals surface area (Å²) in [6.07, 6.45) is 5.35. The first-order valence-electron chi connectivity index (χ1n) is 11.0. The van der Waals surface area contributed by atoms with E-state index >= 15 is 0 Å². The second-order valence-electron chi connectivity index (χ2n) is 8.34. The summed E-state index contributed by atoms with van der Waals surface area (Å²) in [6.45, 7) is 4.06. The number of esters is 1. The molecule has 0 saturated carbocycles. The van der Waals surface area contributed by atoms with Gasteiger partial charge in [-0.05, 0) is 30.5 Å². The van der Waals surface area contributed by atoms with Crippen LogP contribution in [0.15, 0.2) is 36.4 Å². The quantitative estimate of drug-likeness (QED) is 0.357. The lowest BCUT2D eigenvalue weighted by Crippen LogP contribution is -2.54. The number of rotatable bonds is 9. The molecule has 0 radical (unpaired) electrons. The predicted octanol–water partition coefficient (Wildman–Crippen LogP) is 2.57. The van der Waals surface area contributed by atoms with Crippen molar-refractivity contribution in [3.8, 4) is 0 Å². The van der Waals surface area contributed by atoms with Crippen molar-refractivity contribution >= 4 is 23.5 Å². The molecule has 2 aliphatic heterocycles. The van der Waals surface area contributed by atoms with Crippen LogP contribution in [-0.2, 0) is 23.9 Å². The molecule has 3 rings (SSSR count). The van der Waals surface area contributed by atoms with E-state index in [4.69, 9.17) is 9.47 Å². The zero-order valence-corrected chi connectivity index (χ0v) is 18.9. The first-order chi connectivity index (χ1) is 15.3. The molecule has 1 aromatic rings. The fourth-order valence-electron chi connectivity index (χ4n) is 4.42. The normalized spacial score (nSPS) is 22.7. The molecule has 2 fully saturated rings. The Morgan fingerprint density at radius 1 is 1.28 bits per heavy atom. The maximum Gasteiger partial charge on any atom is 0.304 e. The van der Waals surface area contributed by atoms with Gasteiger partial charge < -0.3 is 19.5 Å².